The van der Waals surface area contributed by atoms with Gasteiger partial charge < -0.3 is 10.2 Å². The summed E-state index contributed by atoms with van der Waals surface area (Å²) in [5.41, 5.74) is 2.98. The van der Waals surface area contributed by atoms with E-state index in [1.165, 1.54) is 0 Å². The number of anilines is 2. The highest BCUT2D eigenvalue weighted by atomic mass is 16.2. The van der Waals surface area contributed by atoms with Crippen molar-refractivity contribution >= 4 is 28.2 Å². The summed E-state index contributed by atoms with van der Waals surface area (Å²) in [4.78, 5) is 19.0. The van der Waals surface area contributed by atoms with Crippen LogP contribution in [0.4, 0.5) is 11.4 Å². The lowest BCUT2D eigenvalue weighted by Crippen LogP contribution is -2.52. The quantitative estimate of drug-likeness (QED) is 0.798. The predicted molar refractivity (Wildman–Crippen MR) is 79.9 cm³/mol. The molecule has 2 atom stereocenters. The molecule has 1 aromatic heterocycles. The molecule has 4 nitrogen and oxygen atoms in total. The number of rotatable bonds is 0. The molecule has 2 aromatic rings. The van der Waals surface area contributed by atoms with Crippen molar-refractivity contribution in [2.75, 3.05) is 16.8 Å². The van der Waals surface area contributed by atoms with E-state index in [2.05, 4.69) is 28.2 Å². The van der Waals surface area contributed by atoms with E-state index in [1.54, 1.807) is 6.20 Å². The van der Waals surface area contributed by atoms with Gasteiger partial charge in [0.1, 0.15) is 6.04 Å². The minimum absolute atomic E-state index is 0.0305. The molecular weight excluding hydrogens is 250 g/mol. The standard InChI is InChI=1S/C16H17N3O/c1-10-6-7-19-14(8-10)16(20)18-13-9-17-12-5-3-2-4-11(12)15(13)19/h2-5,9-10,14H,6-8H2,1H3,(H,18,20). The van der Waals surface area contributed by atoms with Gasteiger partial charge in [0.25, 0.3) is 0 Å². The van der Waals surface area contributed by atoms with E-state index < -0.39 is 0 Å². The monoisotopic (exact) mass is 267 g/mol. The molecule has 2 aliphatic rings. The molecule has 2 aliphatic heterocycles. The molecule has 4 heteroatoms. The molecule has 1 amide bonds. The third-order valence-corrected chi connectivity index (χ3v) is 4.46. The van der Waals surface area contributed by atoms with Gasteiger partial charge in [-0.3, -0.25) is 9.78 Å². The number of fused-ring (bicyclic) bond motifs is 5. The average Bonchev–Trinajstić information content (AvgIpc) is 2.47. The Hall–Kier alpha value is -2.10. The summed E-state index contributed by atoms with van der Waals surface area (Å²) in [6.07, 6.45) is 3.85. The lowest BCUT2D eigenvalue weighted by atomic mass is 9.89. The van der Waals surface area contributed by atoms with Crippen LogP contribution in [0.2, 0.25) is 0 Å². The number of para-hydroxylation sites is 1. The normalized spacial score (nSPS) is 25.1. The van der Waals surface area contributed by atoms with Gasteiger partial charge in [0.2, 0.25) is 5.91 Å². The molecule has 4 rings (SSSR count). The van der Waals surface area contributed by atoms with Crippen molar-refractivity contribution in [1.82, 2.24) is 4.98 Å². The van der Waals surface area contributed by atoms with Gasteiger partial charge in [-0.1, -0.05) is 25.1 Å². The van der Waals surface area contributed by atoms with Crippen LogP contribution in [0.25, 0.3) is 10.9 Å². The first kappa shape index (κ1) is 11.7. The smallest absolute Gasteiger partial charge is 0.247 e. The Morgan fingerprint density at radius 1 is 1.35 bits per heavy atom. The zero-order valence-corrected chi connectivity index (χ0v) is 11.5. The molecule has 0 saturated carbocycles. The number of aromatic nitrogens is 1. The Morgan fingerprint density at radius 2 is 2.20 bits per heavy atom. The maximum Gasteiger partial charge on any atom is 0.247 e. The zero-order valence-electron chi connectivity index (χ0n) is 11.5. The Balaban J connectivity index is 1.93. The molecular formula is C16H17N3O. The van der Waals surface area contributed by atoms with Crippen molar-refractivity contribution in [1.29, 1.82) is 0 Å². The molecule has 0 bridgehead atoms. The van der Waals surface area contributed by atoms with Crippen molar-refractivity contribution in [3.8, 4) is 0 Å². The fraction of sp³-hybridized carbons (Fsp3) is 0.375. The maximum absolute atomic E-state index is 12.3. The molecule has 2 unspecified atom stereocenters. The molecule has 3 heterocycles. The first-order valence-electron chi connectivity index (χ1n) is 7.19. The van der Waals surface area contributed by atoms with Crippen LogP contribution in [0, 0.1) is 5.92 Å². The van der Waals surface area contributed by atoms with Crippen LogP contribution >= 0.6 is 0 Å². The summed E-state index contributed by atoms with van der Waals surface area (Å²) in [6.45, 7) is 3.17. The molecule has 1 fully saturated rings. The lowest BCUT2D eigenvalue weighted by molar-refractivity contribution is -0.118. The van der Waals surface area contributed by atoms with Crippen molar-refractivity contribution in [3.63, 3.8) is 0 Å². The Morgan fingerprint density at radius 3 is 3.10 bits per heavy atom. The van der Waals surface area contributed by atoms with Crippen LogP contribution in [0.3, 0.4) is 0 Å². The molecule has 0 aliphatic carbocycles. The largest absolute Gasteiger partial charge is 0.357 e. The topological polar surface area (TPSA) is 45.2 Å². The summed E-state index contributed by atoms with van der Waals surface area (Å²) in [5, 5.41) is 4.16. The van der Waals surface area contributed by atoms with Crippen LogP contribution in [0.1, 0.15) is 19.8 Å². The second-order valence-electron chi connectivity index (χ2n) is 5.87. The summed E-state index contributed by atoms with van der Waals surface area (Å²) in [6, 6.07) is 8.11. The van der Waals surface area contributed by atoms with Crippen LogP contribution < -0.4 is 10.2 Å². The fourth-order valence-electron chi connectivity index (χ4n) is 3.40. The Kier molecular flexibility index (Phi) is 2.46. The van der Waals surface area contributed by atoms with E-state index in [9.17, 15) is 4.79 Å². The van der Waals surface area contributed by atoms with E-state index in [0.29, 0.717) is 5.92 Å². The first-order valence-corrected chi connectivity index (χ1v) is 7.19. The van der Waals surface area contributed by atoms with Crippen LogP contribution in [-0.4, -0.2) is 23.5 Å². The Bertz CT molecular complexity index is 697. The highest BCUT2D eigenvalue weighted by molar-refractivity contribution is 6.10. The van der Waals surface area contributed by atoms with Crippen molar-refractivity contribution in [3.05, 3.63) is 30.5 Å². The van der Waals surface area contributed by atoms with Crippen LogP contribution in [-0.2, 0) is 4.79 Å². The molecule has 20 heavy (non-hydrogen) atoms. The maximum atomic E-state index is 12.3. The van der Waals surface area contributed by atoms with Crippen molar-refractivity contribution in [2.45, 2.75) is 25.8 Å². The lowest BCUT2D eigenvalue weighted by Gasteiger charge is -2.43. The van der Waals surface area contributed by atoms with Gasteiger partial charge in [-0.25, -0.2) is 0 Å². The third kappa shape index (κ3) is 1.60. The SMILES string of the molecule is CC1CCN2c3c(cnc4ccccc34)NC(=O)C2C1. The number of nitrogens with zero attached hydrogens (tertiary/aromatic N) is 2. The summed E-state index contributed by atoms with van der Waals surface area (Å²) in [7, 11) is 0. The van der Waals surface area contributed by atoms with E-state index in [-0.39, 0.29) is 11.9 Å². The minimum atomic E-state index is -0.0305. The van der Waals surface area contributed by atoms with Gasteiger partial charge >= 0.3 is 0 Å². The molecule has 1 N–H and O–H groups in total. The third-order valence-electron chi connectivity index (χ3n) is 4.46. The van der Waals surface area contributed by atoms with Gasteiger partial charge in [0.15, 0.2) is 0 Å². The number of hydrogen-bond donors (Lipinski definition) is 1. The highest BCUT2D eigenvalue weighted by Crippen LogP contribution is 2.41. The summed E-state index contributed by atoms with van der Waals surface area (Å²) < 4.78 is 0. The van der Waals surface area contributed by atoms with Gasteiger partial charge in [-0.15, -0.1) is 0 Å². The number of benzene rings is 1. The van der Waals surface area contributed by atoms with Gasteiger partial charge in [0, 0.05) is 11.9 Å². The second kappa shape index (κ2) is 4.20. The van der Waals surface area contributed by atoms with Gasteiger partial charge in [0.05, 0.1) is 23.1 Å². The Labute approximate surface area is 117 Å². The molecule has 1 saturated heterocycles. The highest BCUT2D eigenvalue weighted by Gasteiger charge is 2.37. The molecule has 102 valence electrons. The summed E-state index contributed by atoms with van der Waals surface area (Å²) in [5.74, 6) is 0.720. The van der Waals surface area contributed by atoms with Gasteiger partial charge in [-0.2, -0.15) is 0 Å². The number of carbonyl (C=O) groups excluding carboxylic acids is 1. The van der Waals surface area contributed by atoms with Crippen molar-refractivity contribution in [2.24, 2.45) is 5.92 Å². The van der Waals surface area contributed by atoms with Crippen molar-refractivity contribution < 1.29 is 4.79 Å². The van der Waals surface area contributed by atoms with E-state index in [4.69, 9.17) is 0 Å². The van der Waals surface area contributed by atoms with E-state index >= 15 is 0 Å². The number of piperidine rings is 1. The average molecular weight is 267 g/mol. The van der Waals surface area contributed by atoms with E-state index in [0.717, 1.165) is 41.7 Å². The molecule has 1 aromatic carbocycles. The zero-order chi connectivity index (χ0) is 13.7. The summed E-state index contributed by atoms with van der Waals surface area (Å²) >= 11 is 0. The number of carbonyl (C=O) groups is 1. The van der Waals surface area contributed by atoms with Gasteiger partial charge in [-0.05, 0) is 24.8 Å². The number of amides is 1. The van der Waals surface area contributed by atoms with Crippen LogP contribution in [0.5, 0.6) is 0 Å². The second-order valence-corrected chi connectivity index (χ2v) is 5.87. The first-order chi connectivity index (χ1) is 9.74. The number of hydrogen-bond acceptors (Lipinski definition) is 3. The predicted octanol–water partition coefficient (Wildman–Crippen LogP) is 2.79. The minimum Gasteiger partial charge on any atom is -0.357 e. The van der Waals surface area contributed by atoms with E-state index in [1.807, 2.05) is 18.2 Å². The number of pyridine rings is 1. The molecule has 0 spiro atoms. The molecule has 0 radical (unpaired) electrons. The van der Waals surface area contributed by atoms with Crippen LogP contribution in [0.15, 0.2) is 30.5 Å². The fourth-order valence-corrected chi connectivity index (χ4v) is 3.40. The number of nitrogens with one attached hydrogen (secondary N) is 1.